The minimum absolute atomic E-state index is 0.261. The number of aliphatic carboxylic acids is 1. The summed E-state index contributed by atoms with van der Waals surface area (Å²) in [5.41, 5.74) is 0.554. The summed E-state index contributed by atoms with van der Waals surface area (Å²) >= 11 is 0. The lowest BCUT2D eigenvalue weighted by atomic mass is 9.82. The van der Waals surface area contributed by atoms with Crippen molar-refractivity contribution in [3.8, 4) is 0 Å². The fourth-order valence-electron chi connectivity index (χ4n) is 2.74. The zero-order chi connectivity index (χ0) is 13.3. The normalized spacial score (nSPS) is 22.8. The lowest BCUT2D eigenvalue weighted by molar-refractivity contribution is -0.143. The van der Waals surface area contributed by atoms with Gasteiger partial charge in [0.1, 0.15) is 5.82 Å². The van der Waals surface area contributed by atoms with Crippen molar-refractivity contribution < 1.29 is 14.3 Å². The first kappa shape index (κ1) is 12.9. The van der Waals surface area contributed by atoms with E-state index in [1.807, 2.05) is 19.9 Å². The average molecular weight is 251 g/mol. The summed E-state index contributed by atoms with van der Waals surface area (Å²) in [6.07, 6.45) is 1.19. The number of piperidine rings is 1. The van der Waals surface area contributed by atoms with E-state index in [1.165, 1.54) is 12.1 Å². The molecule has 0 saturated carbocycles. The van der Waals surface area contributed by atoms with Crippen molar-refractivity contribution in [2.75, 3.05) is 11.4 Å². The number of rotatable bonds is 2. The standard InChI is InChI=1S/C14H18FNO2/c1-14(2)9-10(13(17)18)6-7-16(14)12-5-3-4-11(15)8-12/h3-5,8,10H,6-7,9H2,1-2H3,(H,17,18). The molecule has 0 aliphatic carbocycles. The van der Waals surface area contributed by atoms with Crippen LogP contribution in [0.2, 0.25) is 0 Å². The van der Waals surface area contributed by atoms with Gasteiger partial charge in [0, 0.05) is 17.8 Å². The summed E-state index contributed by atoms with van der Waals surface area (Å²) in [4.78, 5) is 13.2. The largest absolute Gasteiger partial charge is 0.481 e. The van der Waals surface area contributed by atoms with Gasteiger partial charge in [0.2, 0.25) is 0 Å². The third-order valence-corrected chi connectivity index (χ3v) is 3.65. The van der Waals surface area contributed by atoms with Crippen molar-refractivity contribution in [1.82, 2.24) is 0 Å². The van der Waals surface area contributed by atoms with Gasteiger partial charge in [-0.05, 0) is 44.9 Å². The van der Waals surface area contributed by atoms with Gasteiger partial charge in [-0.25, -0.2) is 4.39 Å². The number of carboxylic acids is 1. The third kappa shape index (κ3) is 2.47. The van der Waals surface area contributed by atoms with Crippen LogP contribution in [-0.4, -0.2) is 23.2 Å². The van der Waals surface area contributed by atoms with E-state index in [2.05, 4.69) is 4.90 Å². The molecule has 1 aromatic carbocycles. The Morgan fingerprint density at radius 2 is 2.22 bits per heavy atom. The van der Waals surface area contributed by atoms with Gasteiger partial charge in [-0.15, -0.1) is 0 Å². The zero-order valence-corrected chi connectivity index (χ0v) is 10.7. The van der Waals surface area contributed by atoms with Crippen LogP contribution in [0.25, 0.3) is 0 Å². The molecule has 1 saturated heterocycles. The molecule has 1 atom stereocenters. The van der Waals surface area contributed by atoms with Crippen molar-refractivity contribution in [3.05, 3.63) is 30.1 Å². The molecule has 1 N–H and O–H groups in total. The number of hydrogen-bond acceptors (Lipinski definition) is 2. The molecule has 1 fully saturated rings. The van der Waals surface area contributed by atoms with Crippen LogP contribution < -0.4 is 4.90 Å². The molecule has 0 bridgehead atoms. The molecule has 0 spiro atoms. The molecule has 2 rings (SSSR count). The van der Waals surface area contributed by atoms with E-state index in [1.54, 1.807) is 6.07 Å². The molecule has 0 aromatic heterocycles. The van der Waals surface area contributed by atoms with Crippen molar-refractivity contribution in [2.45, 2.75) is 32.2 Å². The molecule has 0 radical (unpaired) electrons. The Hall–Kier alpha value is -1.58. The van der Waals surface area contributed by atoms with E-state index in [4.69, 9.17) is 5.11 Å². The Labute approximate surface area is 106 Å². The maximum Gasteiger partial charge on any atom is 0.306 e. The van der Waals surface area contributed by atoms with E-state index < -0.39 is 5.97 Å². The van der Waals surface area contributed by atoms with Crippen molar-refractivity contribution in [2.24, 2.45) is 5.92 Å². The molecule has 1 unspecified atom stereocenters. The molecule has 1 heterocycles. The van der Waals surface area contributed by atoms with Crippen LogP contribution >= 0.6 is 0 Å². The fraction of sp³-hybridized carbons (Fsp3) is 0.500. The highest BCUT2D eigenvalue weighted by molar-refractivity contribution is 5.71. The number of carbonyl (C=O) groups is 1. The molecule has 0 amide bonds. The molecular formula is C14H18FNO2. The number of hydrogen-bond donors (Lipinski definition) is 1. The Balaban J connectivity index is 2.23. The van der Waals surface area contributed by atoms with E-state index >= 15 is 0 Å². The summed E-state index contributed by atoms with van der Waals surface area (Å²) in [5, 5.41) is 9.09. The first-order valence-electron chi connectivity index (χ1n) is 6.16. The number of benzene rings is 1. The highest BCUT2D eigenvalue weighted by Gasteiger charge is 2.37. The first-order chi connectivity index (χ1) is 8.40. The van der Waals surface area contributed by atoms with Crippen LogP contribution in [0.4, 0.5) is 10.1 Å². The van der Waals surface area contributed by atoms with Gasteiger partial charge in [0.25, 0.3) is 0 Å². The molecule has 3 nitrogen and oxygen atoms in total. The summed E-state index contributed by atoms with van der Waals surface area (Å²) in [6.45, 7) is 4.66. The van der Waals surface area contributed by atoms with Gasteiger partial charge >= 0.3 is 5.97 Å². The predicted molar refractivity (Wildman–Crippen MR) is 68.2 cm³/mol. The van der Waals surface area contributed by atoms with Crippen molar-refractivity contribution in [3.63, 3.8) is 0 Å². The second-order valence-electron chi connectivity index (χ2n) is 5.47. The number of halogens is 1. The van der Waals surface area contributed by atoms with E-state index in [-0.39, 0.29) is 17.3 Å². The van der Waals surface area contributed by atoms with Crippen molar-refractivity contribution >= 4 is 11.7 Å². The fourth-order valence-corrected chi connectivity index (χ4v) is 2.74. The van der Waals surface area contributed by atoms with E-state index in [9.17, 15) is 9.18 Å². The van der Waals surface area contributed by atoms with Crippen LogP contribution in [0, 0.1) is 11.7 Å². The Kier molecular flexibility index (Phi) is 3.28. The molecule has 1 aromatic rings. The monoisotopic (exact) mass is 251 g/mol. The Bertz CT molecular complexity index is 459. The summed E-state index contributed by atoms with van der Waals surface area (Å²) in [5.74, 6) is -1.30. The maximum absolute atomic E-state index is 13.3. The minimum Gasteiger partial charge on any atom is -0.481 e. The van der Waals surface area contributed by atoms with Gasteiger partial charge in [0.15, 0.2) is 0 Å². The molecule has 1 aliphatic rings. The Morgan fingerprint density at radius 3 is 2.78 bits per heavy atom. The van der Waals surface area contributed by atoms with Crippen molar-refractivity contribution in [1.29, 1.82) is 0 Å². The topological polar surface area (TPSA) is 40.5 Å². The Morgan fingerprint density at radius 1 is 1.50 bits per heavy atom. The van der Waals surface area contributed by atoms with Gasteiger partial charge < -0.3 is 10.0 Å². The van der Waals surface area contributed by atoms with Crippen LogP contribution in [0.15, 0.2) is 24.3 Å². The number of nitrogens with zero attached hydrogens (tertiary/aromatic N) is 1. The molecule has 98 valence electrons. The SMILES string of the molecule is CC1(C)CC(C(=O)O)CCN1c1cccc(F)c1. The smallest absolute Gasteiger partial charge is 0.306 e. The lowest BCUT2D eigenvalue weighted by Gasteiger charge is -2.46. The number of carboxylic acid groups (broad SMARTS) is 1. The quantitative estimate of drug-likeness (QED) is 0.878. The highest BCUT2D eigenvalue weighted by Crippen LogP contribution is 2.35. The van der Waals surface area contributed by atoms with Crippen LogP contribution in [-0.2, 0) is 4.79 Å². The average Bonchev–Trinajstić information content (AvgIpc) is 2.27. The summed E-state index contributed by atoms with van der Waals surface area (Å²) in [6, 6.07) is 6.47. The maximum atomic E-state index is 13.3. The molecule has 1 aliphatic heterocycles. The molecule has 18 heavy (non-hydrogen) atoms. The zero-order valence-electron chi connectivity index (χ0n) is 10.7. The molecule has 4 heteroatoms. The van der Waals surface area contributed by atoms with E-state index in [0.717, 1.165) is 5.69 Å². The highest BCUT2D eigenvalue weighted by atomic mass is 19.1. The van der Waals surface area contributed by atoms with Gasteiger partial charge in [-0.1, -0.05) is 6.07 Å². The second-order valence-corrected chi connectivity index (χ2v) is 5.47. The second kappa shape index (κ2) is 4.59. The number of anilines is 1. The lowest BCUT2D eigenvalue weighted by Crippen LogP contribution is -2.51. The van der Waals surface area contributed by atoms with Gasteiger partial charge in [-0.3, -0.25) is 4.79 Å². The van der Waals surface area contributed by atoms with Gasteiger partial charge in [0.05, 0.1) is 5.92 Å². The molecular weight excluding hydrogens is 233 g/mol. The predicted octanol–water partition coefficient (Wildman–Crippen LogP) is 2.91. The van der Waals surface area contributed by atoms with E-state index in [0.29, 0.717) is 19.4 Å². The van der Waals surface area contributed by atoms with Crippen LogP contribution in [0.1, 0.15) is 26.7 Å². The summed E-state index contributed by atoms with van der Waals surface area (Å²) < 4.78 is 13.3. The third-order valence-electron chi connectivity index (χ3n) is 3.65. The summed E-state index contributed by atoms with van der Waals surface area (Å²) in [7, 11) is 0. The van der Waals surface area contributed by atoms with Crippen LogP contribution in [0.3, 0.4) is 0 Å². The first-order valence-corrected chi connectivity index (χ1v) is 6.16. The van der Waals surface area contributed by atoms with Gasteiger partial charge in [-0.2, -0.15) is 0 Å². The van der Waals surface area contributed by atoms with Crippen LogP contribution in [0.5, 0.6) is 0 Å². The minimum atomic E-state index is -0.734.